The van der Waals surface area contributed by atoms with Gasteiger partial charge in [-0.3, -0.25) is 9.10 Å². The Balaban J connectivity index is 1.57. The Kier molecular flexibility index (Phi) is 9.90. The van der Waals surface area contributed by atoms with Crippen molar-refractivity contribution in [2.75, 3.05) is 41.7 Å². The fourth-order valence-electron chi connectivity index (χ4n) is 4.02. The SMILES string of the molecule is CCOc1ccc(N(CC(=O)Nc2ccc(S(=O)(=O)Nc3nccc(C)n3)cc2)S(=O)(=O)c2ccc(OC)c(OC)c2)cc1. The van der Waals surface area contributed by atoms with Gasteiger partial charge in [0.15, 0.2) is 11.5 Å². The van der Waals surface area contributed by atoms with Crippen molar-refractivity contribution in [3.05, 3.63) is 84.7 Å². The fraction of sp³-hybridized carbons (Fsp3) is 0.207. The van der Waals surface area contributed by atoms with Crippen molar-refractivity contribution in [1.29, 1.82) is 0 Å². The third-order valence-corrected chi connectivity index (χ3v) is 9.25. The number of sulfonamides is 2. The van der Waals surface area contributed by atoms with E-state index in [1.54, 1.807) is 25.1 Å². The number of carbonyl (C=O) groups excluding carboxylic acids is 1. The smallest absolute Gasteiger partial charge is 0.264 e. The first kappa shape index (κ1) is 32.0. The molecule has 232 valence electrons. The van der Waals surface area contributed by atoms with Gasteiger partial charge >= 0.3 is 0 Å². The maximum atomic E-state index is 13.9. The molecule has 0 unspecified atom stereocenters. The molecule has 0 aliphatic heterocycles. The van der Waals surface area contributed by atoms with Crippen LogP contribution in [0.15, 0.2) is 88.8 Å². The molecule has 0 bridgehead atoms. The minimum absolute atomic E-state index is 0.0764. The summed E-state index contributed by atoms with van der Waals surface area (Å²) in [5.74, 6) is 0.312. The molecule has 1 amide bonds. The van der Waals surface area contributed by atoms with Gasteiger partial charge in [-0.2, -0.15) is 0 Å². The second-order valence-corrected chi connectivity index (χ2v) is 12.7. The van der Waals surface area contributed by atoms with Gasteiger partial charge in [-0.25, -0.2) is 31.5 Å². The summed E-state index contributed by atoms with van der Waals surface area (Å²) in [5, 5.41) is 2.62. The van der Waals surface area contributed by atoms with Crippen LogP contribution in [-0.2, 0) is 24.8 Å². The maximum absolute atomic E-state index is 13.9. The summed E-state index contributed by atoms with van der Waals surface area (Å²) in [4.78, 5) is 20.9. The van der Waals surface area contributed by atoms with Gasteiger partial charge in [0.25, 0.3) is 20.0 Å². The van der Waals surface area contributed by atoms with Gasteiger partial charge in [0.1, 0.15) is 12.3 Å². The first-order chi connectivity index (χ1) is 21.0. The summed E-state index contributed by atoms with van der Waals surface area (Å²) >= 11 is 0. The van der Waals surface area contributed by atoms with Gasteiger partial charge < -0.3 is 19.5 Å². The zero-order chi connectivity index (χ0) is 31.9. The maximum Gasteiger partial charge on any atom is 0.264 e. The summed E-state index contributed by atoms with van der Waals surface area (Å²) in [7, 11) is -5.48. The molecule has 1 aromatic heterocycles. The molecular formula is C29H31N5O8S2. The van der Waals surface area contributed by atoms with E-state index >= 15 is 0 Å². The van der Waals surface area contributed by atoms with E-state index in [1.807, 2.05) is 6.92 Å². The molecule has 0 aliphatic rings. The van der Waals surface area contributed by atoms with Gasteiger partial charge in [-0.1, -0.05) is 0 Å². The van der Waals surface area contributed by atoms with E-state index in [-0.39, 0.29) is 32.9 Å². The summed E-state index contributed by atoms with van der Waals surface area (Å²) in [6.45, 7) is 3.35. The van der Waals surface area contributed by atoms with Crippen LogP contribution < -0.4 is 28.6 Å². The van der Waals surface area contributed by atoms with Crippen molar-refractivity contribution in [1.82, 2.24) is 9.97 Å². The Morgan fingerprint density at radius 2 is 1.52 bits per heavy atom. The number of amides is 1. The highest BCUT2D eigenvalue weighted by Gasteiger charge is 2.29. The number of nitrogens with one attached hydrogen (secondary N) is 2. The molecule has 44 heavy (non-hydrogen) atoms. The number of anilines is 3. The van der Waals surface area contributed by atoms with E-state index in [0.29, 0.717) is 23.8 Å². The molecule has 13 nitrogen and oxygen atoms in total. The molecule has 0 saturated heterocycles. The normalized spacial score (nSPS) is 11.4. The number of nitrogens with zero attached hydrogens (tertiary/aromatic N) is 3. The average molecular weight is 642 g/mol. The monoisotopic (exact) mass is 641 g/mol. The zero-order valence-corrected chi connectivity index (χ0v) is 26.0. The van der Waals surface area contributed by atoms with Crippen molar-refractivity contribution < 1.29 is 35.8 Å². The fourth-order valence-corrected chi connectivity index (χ4v) is 6.41. The second kappa shape index (κ2) is 13.6. The van der Waals surface area contributed by atoms with Crippen molar-refractivity contribution >= 4 is 43.3 Å². The van der Waals surface area contributed by atoms with E-state index < -0.39 is 32.5 Å². The third-order valence-electron chi connectivity index (χ3n) is 6.13. The summed E-state index contributed by atoms with van der Waals surface area (Å²) < 4.78 is 72.5. The molecule has 2 N–H and O–H groups in total. The summed E-state index contributed by atoms with van der Waals surface area (Å²) in [6, 6.07) is 17.4. The van der Waals surface area contributed by atoms with Crippen molar-refractivity contribution in [3.8, 4) is 17.2 Å². The predicted octanol–water partition coefficient (Wildman–Crippen LogP) is 3.84. The van der Waals surface area contributed by atoms with Gasteiger partial charge in [0.2, 0.25) is 11.9 Å². The largest absolute Gasteiger partial charge is 0.494 e. The lowest BCUT2D eigenvalue weighted by Crippen LogP contribution is -2.38. The summed E-state index contributed by atoms with van der Waals surface area (Å²) in [5.41, 5.74) is 1.04. The number of methoxy groups -OCH3 is 2. The van der Waals surface area contributed by atoms with Crippen LogP contribution in [0.25, 0.3) is 0 Å². The van der Waals surface area contributed by atoms with E-state index in [0.717, 1.165) is 4.31 Å². The molecule has 0 aliphatic carbocycles. The lowest BCUT2D eigenvalue weighted by molar-refractivity contribution is -0.114. The lowest BCUT2D eigenvalue weighted by Gasteiger charge is -2.25. The molecule has 0 spiro atoms. The predicted molar refractivity (Wildman–Crippen MR) is 164 cm³/mol. The first-order valence-corrected chi connectivity index (χ1v) is 16.1. The minimum Gasteiger partial charge on any atom is -0.494 e. The molecule has 4 rings (SSSR count). The number of hydrogen-bond acceptors (Lipinski definition) is 10. The Labute approximate surface area is 255 Å². The van der Waals surface area contributed by atoms with Gasteiger partial charge in [-0.15, -0.1) is 0 Å². The van der Waals surface area contributed by atoms with Crippen LogP contribution in [0.4, 0.5) is 17.3 Å². The number of aromatic nitrogens is 2. The van der Waals surface area contributed by atoms with E-state index in [9.17, 15) is 21.6 Å². The molecule has 0 saturated carbocycles. The van der Waals surface area contributed by atoms with Gasteiger partial charge in [0.05, 0.1) is 36.3 Å². The third kappa shape index (κ3) is 7.54. The van der Waals surface area contributed by atoms with Crippen molar-refractivity contribution in [2.45, 2.75) is 23.6 Å². The molecule has 4 aromatic rings. The van der Waals surface area contributed by atoms with Crippen LogP contribution in [0.3, 0.4) is 0 Å². The molecule has 15 heteroatoms. The quantitative estimate of drug-likeness (QED) is 0.219. The highest BCUT2D eigenvalue weighted by atomic mass is 32.2. The van der Waals surface area contributed by atoms with Crippen LogP contribution in [0.2, 0.25) is 0 Å². The van der Waals surface area contributed by atoms with Gasteiger partial charge in [0, 0.05) is 23.6 Å². The van der Waals surface area contributed by atoms with Crippen LogP contribution >= 0.6 is 0 Å². The number of aryl methyl sites for hydroxylation is 1. The minimum atomic E-state index is -4.29. The van der Waals surface area contributed by atoms with Gasteiger partial charge in [-0.05, 0) is 80.6 Å². The van der Waals surface area contributed by atoms with E-state index in [1.165, 1.54) is 75.0 Å². The van der Waals surface area contributed by atoms with Crippen LogP contribution in [0.1, 0.15) is 12.6 Å². The standard InChI is InChI=1S/C29H31N5O8S2/c1-5-42-23-10-8-22(9-11-23)34(44(38,39)25-14-15-26(40-3)27(18-25)41-4)19-28(35)32-21-6-12-24(13-7-21)43(36,37)33-29-30-17-16-20(2)31-29/h6-18H,5,19H2,1-4H3,(H,32,35)(H,30,31,33). The highest BCUT2D eigenvalue weighted by molar-refractivity contribution is 7.93. The number of hydrogen-bond donors (Lipinski definition) is 2. The molecule has 3 aromatic carbocycles. The van der Waals surface area contributed by atoms with E-state index in [2.05, 4.69) is 20.0 Å². The number of benzene rings is 3. The summed E-state index contributed by atoms with van der Waals surface area (Å²) in [6.07, 6.45) is 1.43. The highest BCUT2D eigenvalue weighted by Crippen LogP contribution is 2.32. The van der Waals surface area contributed by atoms with Crippen molar-refractivity contribution in [3.63, 3.8) is 0 Å². The average Bonchev–Trinajstić information content (AvgIpc) is 3.00. The Morgan fingerprint density at radius 1 is 0.864 bits per heavy atom. The second-order valence-electron chi connectivity index (χ2n) is 9.16. The zero-order valence-electron chi connectivity index (χ0n) is 24.3. The number of rotatable bonds is 13. The molecule has 0 radical (unpaired) electrons. The van der Waals surface area contributed by atoms with Crippen LogP contribution in [0.5, 0.6) is 17.2 Å². The van der Waals surface area contributed by atoms with Crippen LogP contribution in [-0.4, -0.2) is 60.1 Å². The Morgan fingerprint density at radius 3 is 2.14 bits per heavy atom. The molecule has 0 atom stereocenters. The van der Waals surface area contributed by atoms with E-state index in [4.69, 9.17) is 14.2 Å². The Bertz CT molecular complexity index is 1830. The molecule has 0 fully saturated rings. The molecule has 1 heterocycles. The molecular weight excluding hydrogens is 610 g/mol. The lowest BCUT2D eigenvalue weighted by atomic mass is 10.3. The first-order valence-electron chi connectivity index (χ1n) is 13.2. The Hall–Kier alpha value is -4.89. The number of ether oxygens (including phenoxy) is 3. The van der Waals surface area contributed by atoms with Crippen LogP contribution in [0, 0.1) is 6.92 Å². The topological polar surface area (TPSA) is 166 Å². The van der Waals surface area contributed by atoms with Crippen molar-refractivity contribution in [2.24, 2.45) is 0 Å². The number of carbonyl (C=O) groups is 1.